The number of nitrogens with zero attached hydrogens (tertiary/aromatic N) is 1. The number of allylic oxidation sites excluding steroid dienone is 2. The molecule has 196 valence electrons. The number of aromatic nitrogens is 1. The van der Waals surface area contributed by atoms with Crippen molar-refractivity contribution in [3.8, 4) is 27.9 Å². The quantitative estimate of drug-likeness (QED) is 0.218. The fourth-order valence-electron chi connectivity index (χ4n) is 6.06. The van der Waals surface area contributed by atoms with E-state index in [0.29, 0.717) is 0 Å². The van der Waals surface area contributed by atoms with Crippen molar-refractivity contribution in [2.24, 2.45) is 0 Å². The van der Waals surface area contributed by atoms with Crippen molar-refractivity contribution in [3.63, 3.8) is 0 Å². The van der Waals surface area contributed by atoms with Crippen molar-refractivity contribution >= 4 is 45.3 Å². The highest BCUT2D eigenvalue weighted by Crippen LogP contribution is 2.35. The molecule has 8 rings (SSSR count). The Morgan fingerprint density at radius 1 is 0.524 bits per heavy atom. The Balaban J connectivity index is 1.07. The van der Waals surface area contributed by atoms with Gasteiger partial charge in [0.25, 0.3) is 0 Å². The molecule has 1 N–H and O–H groups in total. The van der Waals surface area contributed by atoms with Crippen molar-refractivity contribution < 1.29 is 0 Å². The van der Waals surface area contributed by atoms with Crippen LogP contribution in [0, 0.1) is 0 Å². The van der Waals surface area contributed by atoms with E-state index in [2.05, 4.69) is 162 Å². The minimum Gasteiger partial charge on any atom is -0.356 e. The van der Waals surface area contributed by atoms with E-state index in [1.54, 1.807) is 0 Å². The maximum atomic E-state index is 3.56. The average molecular weight is 536 g/mol. The minimum absolute atomic E-state index is 1.06. The van der Waals surface area contributed by atoms with Gasteiger partial charge in [-0.15, -0.1) is 0 Å². The van der Waals surface area contributed by atoms with E-state index in [0.717, 1.165) is 16.6 Å². The first-order chi connectivity index (χ1) is 20.8. The zero-order valence-corrected chi connectivity index (χ0v) is 23.0. The van der Waals surface area contributed by atoms with Crippen molar-refractivity contribution in [2.75, 3.05) is 5.32 Å². The van der Waals surface area contributed by atoms with Gasteiger partial charge in [-0.1, -0.05) is 66.7 Å². The van der Waals surface area contributed by atoms with E-state index in [4.69, 9.17) is 0 Å². The summed E-state index contributed by atoms with van der Waals surface area (Å²) in [5, 5.41) is 8.45. The maximum absolute atomic E-state index is 3.56. The van der Waals surface area contributed by atoms with Crippen LogP contribution in [0.1, 0.15) is 0 Å². The van der Waals surface area contributed by atoms with Crippen LogP contribution in [0.5, 0.6) is 0 Å². The number of hydrogen-bond donors (Lipinski definition) is 1. The fraction of sp³-hybridized carbons (Fsp3) is 0. The summed E-state index contributed by atoms with van der Waals surface area (Å²) in [6.45, 7) is 0. The lowest BCUT2D eigenvalue weighted by Gasteiger charge is -2.10. The Kier molecular flexibility index (Phi) is 5.78. The molecule has 1 aliphatic rings. The number of nitrogens with one attached hydrogen (secondary N) is 1. The van der Waals surface area contributed by atoms with Crippen LogP contribution in [0.15, 0.2) is 152 Å². The summed E-state index contributed by atoms with van der Waals surface area (Å²) in [5.41, 5.74) is 10.6. The molecule has 0 spiro atoms. The summed E-state index contributed by atoms with van der Waals surface area (Å²) in [7, 11) is 0. The van der Waals surface area contributed by atoms with Crippen LogP contribution >= 0.6 is 0 Å². The Hall–Kier alpha value is -5.69. The second-order valence-electron chi connectivity index (χ2n) is 10.6. The predicted molar refractivity (Wildman–Crippen MR) is 178 cm³/mol. The molecule has 0 bridgehead atoms. The normalized spacial score (nSPS) is 11.9. The van der Waals surface area contributed by atoms with Crippen molar-refractivity contribution in [1.29, 1.82) is 0 Å². The van der Waals surface area contributed by atoms with Gasteiger partial charge in [-0.2, -0.15) is 0 Å². The molecule has 0 saturated heterocycles. The van der Waals surface area contributed by atoms with Gasteiger partial charge in [0.15, 0.2) is 5.22 Å². The van der Waals surface area contributed by atoms with Gasteiger partial charge in [0, 0.05) is 57.7 Å². The number of fused-ring (bicyclic) bond motifs is 4. The smallest absolute Gasteiger partial charge is 0.155 e. The molecule has 1 aliphatic carbocycles. The fourth-order valence-corrected chi connectivity index (χ4v) is 6.06. The first-order valence-corrected chi connectivity index (χ1v) is 14.3. The summed E-state index contributed by atoms with van der Waals surface area (Å²) in [6, 6.07) is 49.8. The predicted octanol–water partition coefficient (Wildman–Crippen LogP) is 8.87. The average Bonchev–Trinajstić information content (AvgIpc) is 3.39. The Morgan fingerprint density at radius 2 is 1.21 bits per heavy atom. The molecule has 0 atom stereocenters. The molecule has 1 heterocycles. The summed E-state index contributed by atoms with van der Waals surface area (Å²) in [5.74, 6) is 0. The molecule has 42 heavy (non-hydrogen) atoms. The molecular formula is C40H27N2+. The van der Waals surface area contributed by atoms with Gasteiger partial charge in [-0.25, -0.2) is 0 Å². The summed E-state index contributed by atoms with van der Waals surface area (Å²) in [4.78, 5) is 0. The van der Waals surface area contributed by atoms with Crippen LogP contribution in [0.4, 0.5) is 11.4 Å². The van der Waals surface area contributed by atoms with E-state index in [-0.39, 0.29) is 0 Å². The third kappa shape index (κ3) is 4.19. The number of para-hydroxylation sites is 2. The van der Waals surface area contributed by atoms with E-state index >= 15 is 0 Å². The van der Waals surface area contributed by atoms with E-state index in [1.807, 2.05) is 12.2 Å². The highest BCUT2D eigenvalue weighted by atomic mass is 15.0. The van der Waals surface area contributed by atoms with Gasteiger partial charge in [0.2, 0.25) is 0 Å². The van der Waals surface area contributed by atoms with E-state index in [9.17, 15) is 0 Å². The zero-order chi connectivity index (χ0) is 27.9. The zero-order valence-electron chi connectivity index (χ0n) is 23.0. The SMILES string of the molecule is [C+]1=c2cccc(-c3ccc(Nc4ccc(-c5ccc6c(c5)c5ccccc5n6-c5ccccc5)cc4)cc3)c2=CC=C1. The van der Waals surface area contributed by atoms with Crippen LogP contribution in [0.25, 0.3) is 61.9 Å². The van der Waals surface area contributed by atoms with Gasteiger partial charge >= 0.3 is 0 Å². The number of rotatable bonds is 5. The highest BCUT2D eigenvalue weighted by molar-refractivity contribution is 6.10. The third-order valence-electron chi connectivity index (χ3n) is 8.09. The molecule has 0 unspecified atom stereocenters. The van der Waals surface area contributed by atoms with Crippen LogP contribution in [-0.2, 0) is 0 Å². The molecule has 1 aromatic heterocycles. The second kappa shape index (κ2) is 10.1. The van der Waals surface area contributed by atoms with Crippen LogP contribution < -0.4 is 15.8 Å². The number of benzene rings is 6. The first-order valence-electron chi connectivity index (χ1n) is 14.3. The molecule has 0 aliphatic heterocycles. The number of anilines is 2. The largest absolute Gasteiger partial charge is 0.356 e. The van der Waals surface area contributed by atoms with Crippen molar-refractivity contribution in [1.82, 2.24) is 4.57 Å². The minimum atomic E-state index is 1.06. The van der Waals surface area contributed by atoms with Gasteiger partial charge in [0.05, 0.1) is 22.3 Å². The molecule has 7 aromatic rings. The Labute approximate surface area is 244 Å². The summed E-state index contributed by atoms with van der Waals surface area (Å²) in [6.07, 6.45) is 9.51. The maximum Gasteiger partial charge on any atom is 0.155 e. The van der Waals surface area contributed by atoms with E-state index < -0.39 is 0 Å². The lowest BCUT2D eigenvalue weighted by molar-refractivity contribution is 1.18. The van der Waals surface area contributed by atoms with Gasteiger partial charge in [0.1, 0.15) is 0 Å². The third-order valence-corrected chi connectivity index (χ3v) is 8.09. The van der Waals surface area contributed by atoms with Crippen LogP contribution in [-0.4, -0.2) is 4.57 Å². The summed E-state index contributed by atoms with van der Waals surface area (Å²) < 4.78 is 2.35. The molecule has 0 radical (unpaired) electrons. The molecule has 2 nitrogen and oxygen atoms in total. The molecule has 0 fully saturated rings. The van der Waals surface area contributed by atoms with Crippen molar-refractivity contribution in [3.05, 3.63) is 162 Å². The van der Waals surface area contributed by atoms with Crippen LogP contribution in [0.3, 0.4) is 0 Å². The topological polar surface area (TPSA) is 17.0 Å². The molecule has 6 aromatic carbocycles. The summed E-state index contributed by atoms with van der Waals surface area (Å²) >= 11 is 0. The lowest BCUT2D eigenvalue weighted by Crippen LogP contribution is -2.27. The number of hydrogen-bond acceptors (Lipinski definition) is 1. The Bertz CT molecular complexity index is 2240. The van der Waals surface area contributed by atoms with E-state index in [1.165, 1.54) is 55.0 Å². The highest BCUT2D eigenvalue weighted by Gasteiger charge is 2.13. The van der Waals surface area contributed by atoms with Gasteiger partial charge in [-0.05, 0) is 83.4 Å². The standard InChI is InChI=1S/C40H27N2/c1-2-11-34(12-3-1)42-39-16-7-6-14-37(39)38-27-31(21-26-40(38)42)28-17-22-32(23-18-28)41-33-24-19-30(20-25-33)36-15-8-10-29-9-4-5-13-35(29)36/h1-8,10-27,41H/q+1. The molecule has 0 amide bonds. The molecule has 2 heteroatoms. The Morgan fingerprint density at radius 3 is 2.02 bits per heavy atom. The molecular weight excluding hydrogens is 508 g/mol. The monoisotopic (exact) mass is 535 g/mol. The first kappa shape index (κ1) is 24.1. The van der Waals surface area contributed by atoms with Crippen molar-refractivity contribution in [2.45, 2.75) is 0 Å². The van der Waals surface area contributed by atoms with Gasteiger partial charge in [-0.3, -0.25) is 0 Å². The lowest BCUT2D eigenvalue weighted by atomic mass is 9.99. The van der Waals surface area contributed by atoms with Crippen LogP contribution in [0.2, 0.25) is 0 Å². The van der Waals surface area contributed by atoms with Gasteiger partial charge < -0.3 is 9.88 Å². The second-order valence-corrected chi connectivity index (χ2v) is 10.6. The molecule has 0 saturated carbocycles.